The molecule has 0 amide bonds. The van der Waals surface area contributed by atoms with E-state index < -0.39 is 0 Å². The van der Waals surface area contributed by atoms with Crippen molar-refractivity contribution in [2.75, 3.05) is 7.05 Å². The molecule has 0 aliphatic rings. The van der Waals surface area contributed by atoms with Gasteiger partial charge in [-0.1, -0.05) is 46.3 Å². The zero-order valence-electron chi connectivity index (χ0n) is 11.8. The Kier molecular flexibility index (Phi) is 3.83. The van der Waals surface area contributed by atoms with Crippen LogP contribution in [0.25, 0.3) is 11.0 Å². The minimum absolute atomic E-state index is 0.133. The van der Waals surface area contributed by atoms with Crippen LogP contribution in [0.2, 0.25) is 0 Å². The maximum absolute atomic E-state index is 13.8. The first kappa shape index (κ1) is 14.3. The molecule has 0 fully saturated rings. The van der Waals surface area contributed by atoms with Gasteiger partial charge in [-0.2, -0.15) is 0 Å². The molecule has 3 rings (SSSR count). The van der Waals surface area contributed by atoms with Gasteiger partial charge in [-0.25, -0.2) is 4.39 Å². The van der Waals surface area contributed by atoms with Gasteiger partial charge in [0.25, 0.3) is 0 Å². The Morgan fingerprint density at radius 1 is 1.19 bits per heavy atom. The zero-order chi connectivity index (χ0) is 15.0. The van der Waals surface area contributed by atoms with E-state index in [0.717, 1.165) is 21.0 Å². The standard InChI is InChI=1S/C17H15BrFNO/c1-10-5-3-7-12(15(10)18)16(20-2)14-9-11-6-4-8-13(19)17(11)21-14/h3-9,16,20H,1-2H3. The minimum Gasteiger partial charge on any atom is -0.456 e. The SMILES string of the molecule is CNC(c1cc2cccc(F)c2o1)c1cccc(C)c1Br. The highest BCUT2D eigenvalue weighted by molar-refractivity contribution is 9.10. The molecule has 4 heteroatoms. The van der Waals surface area contributed by atoms with Crippen LogP contribution in [0.3, 0.4) is 0 Å². The molecule has 0 saturated carbocycles. The third-order valence-corrected chi connectivity index (χ3v) is 4.70. The van der Waals surface area contributed by atoms with Gasteiger partial charge in [0.1, 0.15) is 5.76 Å². The molecule has 1 aromatic heterocycles. The first-order valence-corrected chi connectivity index (χ1v) is 7.51. The molecule has 2 aromatic carbocycles. The summed E-state index contributed by atoms with van der Waals surface area (Å²) in [5.74, 6) is 0.362. The third kappa shape index (κ3) is 2.49. The fourth-order valence-electron chi connectivity index (χ4n) is 2.53. The lowest BCUT2D eigenvalue weighted by molar-refractivity contribution is 0.476. The van der Waals surface area contributed by atoms with E-state index in [9.17, 15) is 4.39 Å². The lowest BCUT2D eigenvalue weighted by Gasteiger charge is -2.17. The summed E-state index contributed by atoms with van der Waals surface area (Å²) in [5.41, 5.74) is 2.52. The van der Waals surface area contributed by atoms with Gasteiger partial charge in [-0.15, -0.1) is 0 Å². The number of furan rings is 1. The zero-order valence-corrected chi connectivity index (χ0v) is 13.4. The fraction of sp³-hybridized carbons (Fsp3) is 0.176. The van der Waals surface area contributed by atoms with E-state index in [2.05, 4.69) is 21.2 Å². The van der Waals surface area contributed by atoms with Crippen molar-refractivity contribution in [1.29, 1.82) is 0 Å². The van der Waals surface area contributed by atoms with Crippen LogP contribution in [-0.4, -0.2) is 7.05 Å². The number of benzene rings is 2. The van der Waals surface area contributed by atoms with E-state index in [4.69, 9.17) is 4.42 Å². The molecule has 3 aromatic rings. The van der Waals surface area contributed by atoms with Crippen LogP contribution in [0.5, 0.6) is 0 Å². The van der Waals surface area contributed by atoms with Gasteiger partial charge in [0, 0.05) is 9.86 Å². The van der Waals surface area contributed by atoms with Gasteiger partial charge in [0.05, 0.1) is 6.04 Å². The summed E-state index contributed by atoms with van der Waals surface area (Å²) in [7, 11) is 1.86. The van der Waals surface area contributed by atoms with E-state index in [1.807, 2.05) is 44.3 Å². The Labute approximate surface area is 131 Å². The highest BCUT2D eigenvalue weighted by Crippen LogP contribution is 2.33. The second-order valence-corrected chi connectivity index (χ2v) is 5.80. The van der Waals surface area contributed by atoms with Crippen LogP contribution in [0, 0.1) is 12.7 Å². The predicted octanol–water partition coefficient (Wildman–Crippen LogP) is 4.95. The number of halogens is 2. The molecule has 0 saturated heterocycles. The molecule has 0 aliphatic carbocycles. The van der Waals surface area contributed by atoms with Gasteiger partial charge >= 0.3 is 0 Å². The quantitative estimate of drug-likeness (QED) is 0.724. The summed E-state index contributed by atoms with van der Waals surface area (Å²) in [6.07, 6.45) is 0. The van der Waals surface area contributed by atoms with Crippen molar-refractivity contribution >= 4 is 26.9 Å². The van der Waals surface area contributed by atoms with Crippen LogP contribution in [0.4, 0.5) is 4.39 Å². The maximum atomic E-state index is 13.8. The smallest absolute Gasteiger partial charge is 0.169 e. The summed E-state index contributed by atoms with van der Waals surface area (Å²) >= 11 is 3.62. The predicted molar refractivity (Wildman–Crippen MR) is 86.0 cm³/mol. The highest BCUT2D eigenvalue weighted by Gasteiger charge is 2.20. The Morgan fingerprint density at radius 3 is 2.67 bits per heavy atom. The third-order valence-electron chi connectivity index (χ3n) is 3.62. The first-order valence-electron chi connectivity index (χ1n) is 6.72. The maximum Gasteiger partial charge on any atom is 0.169 e. The molecular formula is C17H15BrFNO. The number of hydrogen-bond acceptors (Lipinski definition) is 2. The largest absolute Gasteiger partial charge is 0.456 e. The Bertz CT molecular complexity index is 797. The molecule has 0 bridgehead atoms. The van der Waals surface area contributed by atoms with E-state index >= 15 is 0 Å². The van der Waals surface area contributed by atoms with Gasteiger partial charge < -0.3 is 9.73 Å². The normalized spacial score (nSPS) is 12.8. The van der Waals surface area contributed by atoms with E-state index in [0.29, 0.717) is 11.3 Å². The summed E-state index contributed by atoms with van der Waals surface area (Å²) in [5, 5.41) is 4.01. The van der Waals surface area contributed by atoms with Gasteiger partial charge in [-0.3, -0.25) is 0 Å². The number of fused-ring (bicyclic) bond motifs is 1. The molecule has 0 aliphatic heterocycles. The fourth-order valence-corrected chi connectivity index (χ4v) is 3.03. The average Bonchev–Trinajstić information content (AvgIpc) is 2.89. The Balaban J connectivity index is 2.14. The lowest BCUT2D eigenvalue weighted by Crippen LogP contribution is -2.17. The van der Waals surface area contributed by atoms with Crippen LogP contribution >= 0.6 is 15.9 Å². The monoisotopic (exact) mass is 347 g/mol. The molecule has 1 unspecified atom stereocenters. The van der Waals surface area contributed by atoms with Crippen molar-refractivity contribution in [2.24, 2.45) is 0 Å². The van der Waals surface area contributed by atoms with Gasteiger partial charge in [-0.05, 0) is 37.2 Å². The number of nitrogens with one attached hydrogen (secondary N) is 1. The number of para-hydroxylation sites is 1. The number of hydrogen-bond donors (Lipinski definition) is 1. The van der Waals surface area contributed by atoms with Crippen molar-refractivity contribution in [2.45, 2.75) is 13.0 Å². The first-order chi connectivity index (χ1) is 10.1. The van der Waals surface area contributed by atoms with E-state index in [1.54, 1.807) is 6.07 Å². The van der Waals surface area contributed by atoms with E-state index in [1.165, 1.54) is 6.07 Å². The number of aryl methyl sites for hydroxylation is 1. The minimum atomic E-state index is -0.336. The van der Waals surface area contributed by atoms with Crippen molar-refractivity contribution in [3.8, 4) is 0 Å². The molecule has 0 spiro atoms. The molecule has 0 radical (unpaired) electrons. The molecule has 1 heterocycles. The van der Waals surface area contributed by atoms with E-state index in [-0.39, 0.29) is 11.9 Å². The molecule has 21 heavy (non-hydrogen) atoms. The topological polar surface area (TPSA) is 25.2 Å². The van der Waals surface area contributed by atoms with Crippen LogP contribution in [0.15, 0.2) is 51.4 Å². The molecule has 2 nitrogen and oxygen atoms in total. The lowest BCUT2D eigenvalue weighted by atomic mass is 10.0. The second-order valence-electron chi connectivity index (χ2n) is 5.01. The van der Waals surface area contributed by atoms with Crippen molar-refractivity contribution in [1.82, 2.24) is 5.32 Å². The molecular weight excluding hydrogens is 333 g/mol. The highest BCUT2D eigenvalue weighted by atomic mass is 79.9. The summed E-state index contributed by atoms with van der Waals surface area (Å²) in [6.45, 7) is 2.04. The Hall–Kier alpha value is -1.65. The summed E-state index contributed by atoms with van der Waals surface area (Å²) in [6, 6.07) is 12.8. The number of rotatable bonds is 3. The second kappa shape index (κ2) is 5.62. The summed E-state index contributed by atoms with van der Waals surface area (Å²) in [4.78, 5) is 0. The van der Waals surface area contributed by atoms with Gasteiger partial charge in [0.2, 0.25) is 0 Å². The Morgan fingerprint density at radius 2 is 1.95 bits per heavy atom. The molecule has 1 atom stereocenters. The van der Waals surface area contributed by atoms with Crippen LogP contribution in [-0.2, 0) is 0 Å². The van der Waals surface area contributed by atoms with Crippen LogP contribution < -0.4 is 5.32 Å². The molecule has 1 N–H and O–H groups in total. The van der Waals surface area contributed by atoms with Crippen molar-refractivity contribution in [3.05, 3.63) is 69.6 Å². The van der Waals surface area contributed by atoms with Gasteiger partial charge in [0.15, 0.2) is 11.4 Å². The van der Waals surface area contributed by atoms with Crippen molar-refractivity contribution < 1.29 is 8.81 Å². The van der Waals surface area contributed by atoms with Crippen LogP contribution in [0.1, 0.15) is 22.9 Å². The summed E-state index contributed by atoms with van der Waals surface area (Å²) < 4.78 is 20.6. The average molecular weight is 348 g/mol. The van der Waals surface area contributed by atoms with Crippen molar-refractivity contribution in [3.63, 3.8) is 0 Å². The molecule has 108 valence electrons.